The van der Waals surface area contributed by atoms with E-state index in [-0.39, 0.29) is 66.4 Å². The van der Waals surface area contributed by atoms with Crippen LogP contribution in [0.5, 0.6) is 5.75 Å². The maximum Gasteiger partial charge on any atom is 0.319 e. The van der Waals surface area contributed by atoms with Gasteiger partial charge in [-0.3, -0.25) is 4.79 Å². The van der Waals surface area contributed by atoms with Crippen LogP contribution in [0.25, 0.3) is 0 Å². The Balaban J connectivity index is 1.61. The molecule has 4 rings (SSSR count). The van der Waals surface area contributed by atoms with Crippen LogP contribution in [0.2, 0.25) is 0 Å². The molecule has 1 aliphatic carbocycles. The van der Waals surface area contributed by atoms with Crippen LogP contribution in [0.3, 0.4) is 0 Å². The van der Waals surface area contributed by atoms with E-state index >= 15 is 0 Å². The second kappa shape index (κ2) is 13.4. The number of carbonyl (C=O) groups excluding carboxylic acids is 2. The molecule has 0 bridgehead atoms. The molecule has 3 amide bonds. The molecule has 1 aromatic carbocycles. The monoisotopic (exact) mass is 605 g/mol. The molecule has 2 heterocycles. The van der Waals surface area contributed by atoms with Gasteiger partial charge in [-0.05, 0) is 51.8 Å². The van der Waals surface area contributed by atoms with Crippen LogP contribution in [0.4, 0.5) is 10.5 Å². The van der Waals surface area contributed by atoms with Gasteiger partial charge in [0.1, 0.15) is 22.4 Å². The standard InChI is InChI=1S/C29H43N5O7S/c1-18-15-34(19(2)17-35)27(36)14-22-13-24(31-29(37)30-23-9-7-6-8-10-23)11-12-25(22)40-26(18)16-33(5)42(38,39)28-20(3)32-41-21(28)4/h11-13,18-19,23,26,35H,6-10,14-17H2,1-5H3,(H2,30,31,37)/t18-,19+,26+/m0/s1. The number of nitrogens with zero attached hydrogens (tertiary/aromatic N) is 3. The first-order valence-electron chi connectivity index (χ1n) is 14.6. The molecule has 2 aromatic rings. The van der Waals surface area contributed by atoms with E-state index in [9.17, 15) is 23.1 Å². The molecule has 0 spiro atoms. The van der Waals surface area contributed by atoms with Crippen LogP contribution in [-0.2, 0) is 21.2 Å². The fourth-order valence-corrected chi connectivity index (χ4v) is 7.14. The molecular formula is C29H43N5O7S. The molecular weight excluding hydrogens is 562 g/mol. The molecule has 1 saturated carbocycles. The summed E-state index contributed by atoms with van der Waals surface area (Å²) in [6, 6.07) is 4.52. The number of sulfonamides is 1. The van der Waals surface area contributed by atoms with Crippen molar-refractivity contribution in [3.63, 3.8) is 0 Å². The number of hydrogen-bond acceptors (Lipinski definition) is 8. The molecule has 42 heavy (non-hydrogen) atoms. The zero-order valence-corrected chi connectivity index (χ0v) is 25.9. The molecule has 3 N–H and O–H groups in total. The number of likely N-dealkylation sites (N-methyl/N-ethyl adjacent to an activating group) is 1. The van der Waals surface area contributed by atoms with Gasteiger partial charge in [0.15, 0.2) is 5.76 Å². The van der Waals surface area contributed by atoms with Crippen molar-refractivity contribution in [2.45, 2.75) is 89.3 Å². The van der Waals surface area contributed by atoms with E-state index in [0.717, 1.165) is 25.7 Å². The maximum atomic E-state index is 13.5. The number of nitrogens with one attached hydrogen (secondary N) is 2. The highest BCUT2D eigenvalue weighted by atomic mass is 32.2. The van der Waals surface area contributed by atoms with E-state index in [1.54, 1.807) is 43.9 Å². The van der Waals surface area contributed by atoms with Gasteiger partial charge in [-0.2, -0.15) is 4.31 Å². The Morgan fingerprint density at radius 1 is 1.24 bits per heavy atom. The minimum Gasteiger partial charge on any atom is -0.488 e. The van der Waals surface area contributed by atoms with Crippen LogP contribution in [0, 0.1) is 19.8 Å². The Morgan fingerprint density at radius 3 is 2.60 bits per heavy atom. The number of amides is 3. The van der Waals surface area contributed by atoms with Crippen molar-refractivity contribution in [3.8, 4) is 5.75 Å². The number of aryl methyl sites for hydroxylation is 2. The zero-order chi connectivity index (χ0) is 30.6. The molecule has 1 aromatic heterocycles. The lowest BCUT2D eigenvalue weighted by Gasteiger charge is -2.33. The van der Waals surface area contributed by atoms with Gasteiger partial charge < -0.3 is 29.9 Å². The van der Waals surface area contributed by atoms with Crippen LogP contribution in [0.1, 0.15) is 63.0 Å². The number of rotatable bonds is 8. The average Bonchev–Trinajstić information content (AvgIpc) is 3.31. The predicted octanol–water partition coefficient (Wildman–Crippen LogP) is 3.22. The number of aromatic nitrogens is 1. The molecule has 0 radical (unpaired) electrons. The summed E-state index contributed by atoms with van der Waals surface area (Å²) < 4.78 is 39.7. The minimum atomic E-state index is -3.94. The van der Waals surface area contributed by atoms with Crippen LogP contribution < -0.4 is 15.4 Å². The smallest absolute Gasteiger partial charge is 0.319 e. The van der Waals surface area contributed by atoms with Gasteiger partial charge in [0.25, 0.3) is 0 Å². The summed E-state index contributed by atoms with van der Waals surface area (Å²) >= 11 is 0. The zero-order valence-electron chi connectivity index (χ0n) is 25.1. The Hall–Kier alpha value is -3.16. The van der Waals surface area contributed by atoms with E-state index < -0.39 is 22.2 Å². The molecule has 12 nitrogen and oxygen atoms in total. The molecule has 232 valence electrons. The molecule has 0 saturated heterocycles. The Morgan fingerprint density at radius 2 is 1.95 bits per heavy atom. The molecule has 2 aliphatic rings. The highest BCUT2D eigenvalue weighted by molar-refractivity contribution is 7.89. The van der Waals surface area contributed by atoms with Gasteiger partial charge >= 0.3 is 6.03 Å². The number of anilines is 1. The van der Waals surface area contributed by atoms with Gasteiger partial charge in [0, 0.05) is 36.8 Å². The van der Waals surface area contributed by atoms with Gasteiger partial charge in [-0.1, -0.05) is 31.3 Å². The molecule has 1 fully saturated rings. The Labute approximate surface area is 247 Å². The van der Waals surface area contributed by atoms with Crippen molar-refractivity contribution >= 4 is 27.6 Å². The summed E-state index contributed by atoms with van der Waals surface area (Å²) in [6.07, 6.45) is 4.65. The molecule has 3 atom stereocenters. The number of carbonyl (C=O) groups is 2. The van der Waals surface area contributed by atoms with Crippen molar-refractivity contribution in [2.24, 2.45) is 5.92 Å². The topological polar surface area (TPSA) is 154 Å². The number of hydrogen-bond donors (Lipinski definition) is 3. The quantitative estimate of drug-likeness (QED) is 0.415. The third-order valence-electron chi connectivity index (χ3n) is 8.19. The summed E-state index contributed by atoms with van der Waals surface area (Å²) in [7, 11) is -2.47. The first-order chi connectivity index (χ1) is 19.9. The van der Waals surface area contributed by atoms with Crippen LogP contribution in [0.15, 0.2) is 27.6 Å². The predicted molar refractivity (Wildman–Crippen MR) is 157 cm³/mol. The van der Waals surface area contributed by atoms with E-state index in [1.807, 2.05) is 6.92 Å². The van der Waals surface area contributed by atoms with E-state index in [4.69, 9.17) is 9.26 Å². The number of urea groups is 1. The second-order valence-electron chi connectivity index (χ2n) is 11.6. The maximum absolute atomic E-state index is 13.5. The fraction of sp³-hybridized carbons (Fsp3) is 0.621. The highest BCUT2D eigenvalue weighted by Crippen LogP contribution is 2.30. The van der Waals surface area contributed by atoms with Gasteiger partial charge in [-0.25, -0.2) is 13.2 Å². The molecule has 13 heteroatoms. The summed E-state index contributed by atoms with van der Waals surface area (Å²) in [5.41, 5.74) is 1.34. The first-order valence-corrected chi connectivity index (χ1v) is 16.0. The number of fused-ring (bicyclic) bond motifs is 1. The van der Waals surface area contributed by atoms with Crippen molar-refractivity contribution in [3.05, 3.63) is 35.2 Å². The summed E-state index contributed by atoms with van der Waals surface area (Å²) in [6.45, 7) is 6.81. The van der Waals surface area contributed by atoms with Crippen molar-refractivity contribution < 1.29 is 32.4 Å². The third-order valence-corrected chi connectivity index (χ3v) is 10.3. The van der Waals surface area contributed by atoms with Crippen molar-refractivity contribution in [2.75, 3.05) is 32.1 Å². The van der Waals surface area contributed by atoms with Gasteiger partial charge in [-0.15, -0.1) is 0 Å². The third kappa shape index (κ3) is 7.24. The Kier molecular flexibility index (Phi) is 10.2. The summed E-state index contributed by atoms with van der Waals surface area (Å²) in [5.74, 6) is 0.138. The number of aliphatic hydroxyl groups is 1. The lowest BCUT2D eigenvalue weighted by Crippen LogP contribution is -2.48. The van der Waals surface area contributed by atoms with E-state index in [2.05, 4.69) is 15.8 Å². The lowest BCUT2D eigenvalue weighted by atomic mass is 9.96. The normalized spacial score (nSPS) is 21.1. The number of ether oxygens (including phenoxy) is 1. The van der Waals surface area contributed by atoms with E-state index in [0.29, 0.717) is 17.0 Å². The SMILES string of the molecule is Cc1noc(C)c1S(=O)(=O)N(C)C[C@H]1Oc2ccc(NC(=O)NC3CCCCC3)cc2CC(=O)N([C@H](C)CO)C[C@@H]1C. The van der Waals surface area contributed by atoms with Crippen LogP contribution >= 0.6 is 0 Å². The van der Waals surface area contributed by atoms with E-state index in [1.165, 1.54) is 17.8 Å². The Bertz CT molecular complexity index is 1350. The van der Waals surface area contributed by atoms with Crippen LogP contribution in [-0.4, -0.2) is 84.8 Å². The summed E-state index contributed by atoms with van der Waals surface area (Å²) in [4.78, 5) is 27.8. The first kappa shape index (κ1) is 31.8. The second-order valence-corrected chi connectivity index (χ2v) is 13.6. The average molecular weight is 606 g/mol. The number of benzene rings is 1. The fourth-order valence-electron chi connectivity index (χ4n) is 5.67. The number of aliphatic hydroxyl groups excluding tert-OH is 1. The van der Waals surface area contributed by atoms with Crippen molar-refractivity contribution in [1.29, 1.82) is 0 Å². The largest absolute Gasteiger partial charge is 0.488 e. The van der Waals surface area contributed by atoms with Gasteiger partial charge in [0.05, 0.1) is 25.6 Å². The highest BCUT2D eigenvalue weighted by Gasteiger charge is 2.35. The molecule has 0 unspecified atom stereocenters. The van der Waals surface area contributed by atoms with Crippen molar-refractivity contribution in [1.82, 2.24) is 19.7 Å². The van der Waals surface area contributed by atoms with Gasteiger partial charge in [0.2, 0.25) is 15.9 Å². The summed E-state index contributed by atoms with van der Waals surface area (Å²) in [5, 5.41) is 19.6. The lowest BCUT2D eigenvalue weighted by molar-refractivity contribution is -0.134. The molecule has 1 aliphatic heterocycles. The minimum absolute atomic E-state index is 0.00761.